The van der Waals surface area contributed by atoms with Gasteiger partial charge in [-0.05, 0) is 12.0 Å². The third kappa shape index (κ3) is 1.49. The molecule has 0 bridgehead atoms. The minimum absolute atomic E-state index is 0.0134. The van der Waals surface area contributed by atoms with Crippen molar-refractivity contribution in [3.8, 4) is 5.75 Å². The Morgan fingerprint density at radius 2 is 2.15 bits per heavy atom. The van der Waals surface area contributed by atoms with Gasteiger partial charge in [-0.15, -0.1) is 0 Å². The zero-order valence-electron chi connectivity index (χ0n) is 10.8. The van der Waals surface area contributed by atoms with Gasteiger partial charge in [0.25, 0.3) is 0 Å². The number of carbonyl (C=O) groups is 1. The maximum atomic E-state index is 11.8. The van der Waals surface area contributed by atoms with E-state index in [1.54, 1.807) is 6.20 Å². The summed E-state index contributed by atoms with van der Waals surface area (Å²) in [5.41, 5.74) is 7.72. The van der Waals surface area contributed by atoms with E-state index >= 15 is 0 Å². The number of amides is 1. The van der Waals surface area contributed by atoms with Crippen LogP contribution in [0.5, 0.6) is 5.75 Å². The Kier molecular flexibility index (Phi) is 2.36. The molecule has 1 aliphatic heterocycles. The number of hydrogen-bond donors (Lipinski definition) is 2. The average Bonchev–Trinajstić information content (AvgIpc) is 3.09. The van der Waals surface area contributed by atoms with Crippen molar-refractivity contribution < 1.29 is 9.53 Å². The summed E-state index contributed by atoms with van der Waals surface area (Å²) in [6.07, 6.45) is 2.39. The van der Waals surface area contributed by atoms with Gasteiger partial charge in [0.15, 0.2) is 5.75 Å². The smallest absolute Gasteiger partial charge is 0.221 e. The van der Waals surface area contributed by atoms with E-state index in [1.807, 2.05) is 30.3 Å². The summed E-state index contributed by atoms with van der Waals surface area (Å²) in [5, 5.41) is 7.00. The van der Waals surface area contributed by atoms with Crippen LogP contribution >= 0.6 is 0 Å². The summed E-state index contributed by atoms with van der Waals surface area (Å²) < 4.78 is 6.02. The van der Waals surface area contributed by atoms with Crippen LogP contribution in [0.1, 0.15) is 29.5 Å². The molecular weight excluding hydrogens is 254 g/mol. The fourth-order valence-corrected chi connectivity index (χ4v) is 3.65. The second kappa shape index (κ2) is 4.10. The predicted octanol–water partition coefficient (Wildman–Crippen LogP) is 1.54. The Hall–Kier alpha value is -2.30. The minimum Gasteiger partial charge on any atom is -0.485 e. The lowest BCUT2D eigenvalue weighted by Crippen LogP contribution is -2.30. The Balaban J connectivity index is 1.76. The van der Waals surface area contributed by atoms with Gasteiger partial charge in [-0.3, -0.25) is 9.89 Å². The van der Waals surface area contributed by atoms with Crippen molar-refractivity contribution in [1.29, 1.82) is 0 Å². The van der Waals surface area contributed by atoms with Crippen LogP contribution < -0.4 is 10.5 Å². The summed E-state index contributed by atoms with van der Waals surface area (Å²) >= 11 is 0. The first kappa shape index (κ1) is 11.5. The number of nitrogens with two attached hydrogens (primary N) is 1. The molecule has 2 aromatic rings. The van der Waals surface area contributed by atoms with E-state index in [9.17, 15) is 4.79 Å². The zero-order chi connectivity index (χ0) is 13.7. The van der Waals surface area contributed by atoms with E-state index in [0.717, 1.165) is 23.4 Å². The molecule has 0 saturated heterocycles. The summed E-state index contributed by atoms with van der Waals surface area (Å²) in [5.74, 6) is 0.556. The lowest BCUT2D eigenvalue weighted by Gasteiger charge is -2.22. The van der Waals surface area contributed by atoms with Crippen molar-refractivity contribution in [1.82, 2.24) is 10.2 Å². The van der Waals surface area contributed by atoms with Crippen LogP contribution in [0.4, 0.5) is 0 Å². The fourth-order valence-electron chi connectivity index (χ4n) is 3.65. The van der Waals surface area contributed by atoms with Crippen LogP contribution in [0.2, 0.25) is 0 Å². The molecule has 1 aliphatic carbocycles. The van der Waals surface area contributed by atoms with Crippen molar-refractivity contribution in [2.24, 2.45) is 11.7 Å². The minimum atomic E-state index is -0.252. The van der Waals surface area contributed by atoms with Crippen LogP contribution in [0.15, 0.2) is 36.5 Å². The zero-order valence-corrected chi connectivity index (χ0v) is 10.8. The number of aromatic amines is 1. The van der Waals surface area contributed by atoms with E-state index in [0.29, 0.717) is 0 Å². The normalized spacial score (nSPS) is 30.6. The van der Waals surface area contributed by atoms with Crippen molar-refractivity contribution >= 4 is 5.91 Å². The Labute approximate surface area is 116 Å². The average molecular weight is 269 g/mol. The third-order valence-corrected chi connectivity index (χ3v) is 4.51. The number of carbonyl (C=O) groups excluding carboxylic acids is 1. The summed E-state index contributed by atoms with van der Waals surface area (Å²) in [6.45, 7) is 0. The van der Waals surface area contributed by atoms with Gasteiger partial charge in [0.1, 0.15) is 6.10 Å². The first-order chi connectivity index (χ1) is 9.75. The number of H-pyrrole nitrogens is 1. The van der Waals surface area contributed by atoms with E-state index < -0.39 is 0 Å². The number of hydrogen-bond acceptors (Lipinski definition) is 3. The number of nitrogens with zero attached hydrogens (tertiary/aromatic N) is 1. The van der Waals surface area contributed by atoms with Crippen molar-refractivity contribution in [3.63, 3.8) is 0 Å². The maximum absolute atomic E-state index is 11.8. The van der Waals surface area contributed by atoms with Gasteiger partial charge < -0.3 is 10.5 Å². The highest BCUT2D eigenvalue weighted by atomic mass is 16.5. The molecule has 3 N–H and O–H groups in total. The van der Waals surface area contributed by atoms with Gasteiger partial charge in [-0.2, -0.15) is 5.10 Å². The highest BCUT2D eigenvalue weighted by molar-refractivity contribution is 5.79. The molecule has 2 heterocycles. The Bertz CT molecular complexity index is 652. The highest BCUT2D eigenvalue weighted by Gasteiger charge is 2.53. The highest BCUT2D eigenvalue weighted by Crippen LogP contribution is 2.54. The summed E-state index contributed by atoms with van der Waals surface area (Å²) in [4.78, 5) is 11.8. The lowest BCUT2D eigenvalue weighted by molar-refractivity contribution is -0.122. The predicted molar refractivity (Wildman–Crippen MR) is 72.2 cm³/mol. The molecule has 1 saturated carbocycles. The molecule has 1 aromatic heterocycles. The molecule has 4 unspecified atom stereocenters. The molecular formula is C15H15N3O2. The SMILES string of the molecule is NC(=O)C1CC2c3[nH]ncc3OC2C1c1ccccc1. The topological polar surface area (TPSA) is 81.0 Å². The number of nitrogens with one attached hydrogen (secondary N) is 1. The van der Waals surface area contributed by atoms with E-state index in [2.05, 4.69) is 10.2 Å². The van der Waals surface area contributed by atoms with Crippen molar-refractivity contribution in [2.45, 2.75) is 24.4 Å². The summed E-state index contributed by atoms with van der Waals surface area (Å²) in [6, 6.07) is 10.0. The quantitative estimate of drug-likeness (QED) is 0.867. The number of fused-ring (bicyclic) bond motifs is 3. The van der Waals surface area contributed by atoms with E-state index in [-0.39, 0.29) is 29.8 Å². The molecule has 5 nitrogen and oxygen atoms in total. The van der Waals surface area contributed by atoms with E-state index in [4.69, 9.17) is 10.5 Å². The Morgan fingerprint density at radius 3 is 2.90 bits per heavy atom. The number of primary amides is 1. The van der Waals surface area contributed by atoms with Crippen molar-refractivity contribution in [3.05, 3.63) is 47.8 Å². The molecule has 1 fully saturated rings. The second-order valence-electron chi connectivity index (χ2n) is 5.52. The van der Waals surface area contributed by atoms with Gasteiger partial charge in [0, 0.05) is 17.8 Å². The maximum Gasteiger partial charge on any atom is 0.221 e. The standard InChI is InChI=1S/C15H15N3O2/c16-15(19)9-6-10-13-11(7-17-18-13)20-14(10)12(9)8-4-2-1-3-5-8/h1-5,7,9-10,12,14H,6H2,(H2,16,19)(H,17,18). The largest absolute Gasteiger partial charge is 0.485 e. The third-order valence-electron chi connectivity index (χ3n) is 4.51. The lowest BCUT2D eigenvalue weighted by atomic mass is 9.87. The fraction of sp³-hybridized carbons (Fsp3) is 0.333. The number of aromatic nitrogens is 2. The number of benzene rings is 1. The van der Waals surface area contributed by atoms with Crippen LogP contribution in [0, 0.1) is 5.92 Å². The van der Waals surface area contributed by atoms with Gasteiger partial charge >= 0.3 is 0 Å². The number of rotatable bonds is 2. The van der Waals surface area contributed by atoms with Gasteiger partial charge in [-0.1, -0.05) is 30.3 Å². The molecule has 2 aliphatic rings. The molecule has 20 heavy (non-hydrogen) atoms. The molecule has 1 aromatic carbocycles. The van der Waals surface area contributed by atoms with Crippen LogP contribution in [-0.4, -0.2) is 22.2 Å². The van der Waals surface area contributed by atoms with Crippen LogP contribution in [-0.2, 0) is 4.79 Å². The van der Waals surface area contributed by atoms with Crippen LogP contribution in [0.25, 0.3) is 0 Å². The molecule has 4 rings (SSSR count). The monoisotopic (exact) mass is 269 g/mol. The molecule has 1 amide bonds. The molecule has 0 spiro atoms. The molecule has 4 atom stereocenters. The summed E-state index contributed by atoms with van der Waals surface area (Å²) in [7, 11) is 0. The number of ether oxygens (including phenoxy) is 1. The van der Waals surface area contributed by atoms with E-state index in [1.165, 1.54) is 0 Å². The molecule has 102 valence electrons. The first-order valence-electron chi connectivity index (χ1n) is 6.80. The van der Waals surface area contributed by atoms with Gasteiger partial charge in [0.05, 0.1) is 11.9 Å². The molecule has 5 heteroatoms. The van der Waals surface area contributed by atoms with Crippen molar-refractivity contribution in [2.75, 3.05) is 0 Å². The van der Waals surface area contributed by atoms with Gasteiger partial charge in [0.2, 0.25) is 5.91 Å². The van der Waals surface area contributed by atoms with Gasteiger partial charge in [-0.25, -0.2) is 0 Å². The Morgan fingerprint density at radius 1 is 1.35 bits per heavy atom. The first-order valence-corrected chi connectivity index (χ1v) is 6.80. The molecule has 0 radical (unpaired) electrons. The second-order valence-corrected chi connectivity index (χ2v) is 5.52. The van der Waals surface area contributed by atoms with Crippen LogP contribution in [0.3, 0.4) is 0 Å².